The highest BCUT2D eigenvalue weighted by molar-refractivity contribution is 5.77. The van der Waals surface area contributed by atoms with E-state index in [4.69, 9.17) is 0 Å². The van der Waals surface area contributed by atoms with E-state index in [-0.39, 0.29) is 0 Å². The Kier molecular flexibility index (Phi) is 4.08. The molecule has 2 saturated heterocycles. The fourth-order valence-electron chi connectivity index (χ4n) is 3.39. The van der Waals surface area contributed by atoms with Gasteiger partial charge in [0.25, 0.3) is 0 Å². The molecule has 2 aliphatic heterocycles. The number of rotatable bonds is 4. The lowest BCUT2D eigenvalue weighted by Crippen LogP contribution is -2.39. The highest BCUT2D eigenvalue weighted by atomic mass is 16.2. The van der Waals surface area contributed by atoms with Crippen LogP contribution in [0.4, 0.5) is 0 Å². The van der Waals surface area contributed by atoms with Gasteiger partial charge in [-0.1, -0.05) is 20.8 Å². The Morgan fingerprint density at radius 1 is 1.41 bits per heavy atom. The lowest BCUT2D eigenvalue weighted by atomic mass is 9.93. The molecule has 1 amide bonds. The third-order valence-electron chi connectivity index (χ3n) is 4.39. The largest absolute Gasteiger partial charge is 0.339 e. The molecule has 0 aromatic carbocycles. The van der Waals surface area contributed by atoms with E-state index in [9.17, 15) is 4.79 Å². The zero-order valence-corrected chi connectivity index (χ0v) is 11.4. The van der Waals surface area contributed by atoms with Crippen LogP contribution in [0.2, 0.25) is 0 Å². The van der Waals surface area contributed by atoms with Crippen molar-refractivity contribution < 1.29 is 4.79 Å². The highest BCUT2D eigenvalue weighted by Gasteiger charge is 2.44. The summed E-state index contributed by atoms with van der Waals surface area (Å²) in [5, 5.41) is 3.46. The first-order valence-electron chi connectivity index (χ1n) is 7.13. The molecule has 2 aliphatic rings. The average Bonchev–Trinajstić information content (AvgIpc) is 2.84. The molecule has 1 N–H and O–H groups in total. The normalized spacial score (nSPS) is 32.2. The molecule has 3 unspecified atom stereocenters. The summed E-state index contributed by atoms with van der Waals surface area (Å²) in [6.07, 6.45) is 2.87. The van der Waals surface area contributed by atoms with Crippen LogP contribution in [0, 0.1) is 17.8 Å². The molecule has 3 atom stereocenters. The highest BCUT2D eigenvalue weighted by Crippen LogP contribution is 2.34. The fourth-order valence-corrected chi connectivity index (χ4v) is 3.39. The van der Waals surface area contributed by atoms with Crippen molar-refractivity contribution in [2.24, 2.45) is 17.8 Å². The minimum Gasteiger partial charge on any atom is -0.339 e. The van der Waals surface area contributed by atoms with E-state index in [2.05, 4.69) is 31.0 Å². The number of hydrogen-bond donors (Lipinski definition) is 1. The van der Waals surface area contributed by atoms with Crippen LogP contribution >= 0.6 is 0 Å². The molecule has 0 aromatic heterocycles. The van der Waals surface area contributed by atoms with Gasteiger partial charge in [-0.2, -0.15) is 0 Å². The number of fused-ring (bicyclic) bond motifs is 1. The molecule has 0 aromatic rings. The lowest BCUT2D eigenvalue weighted by Gasteiger charge is -2.27. The van der Waals surface area contributed by atoms with Crippen LogP contribution in [0.15, 0.2) is 0 Å². The molecule has 98 valence electrons. The molecule has 3 heteroatoms. The Balaban J connectivity index is 1.94. The van der Waals surface area contributed by atoms with Gasteiger partial charge >= 0.3 is 0 Å². The predicted molar refractivity (Wildman–Crippen MR) is 69.7 cm³/mol. The molecule has 2 heterocycles. The van der Waals surface area contributed by atoms with Crippen molar-refractivity contribution in [2.45, 2.75) is 46.1 Å². The predicted octanol–water partition coefficient (Wildman–Crippen LogP) is 1.88. The fraction of sp³-hybridized carbons (Fsp3) is 0.929. The molecule has 0 bridgehead atoms. The maximum absolute atomic E-state index is 12.3. The van der Waals surface area contributed by atoms with Crippen LogP contribution in [0.3, 0.4) is 0 Å². The van der Waals surface area contributed by atoms with Crippen molar-refractivity contribution in [3.63, 3.8) is 0 Å². The molecule has 2 rings (SSSR count). The Hall–Kier alpha value is -0.570. The summed E-state index contributed by atoms with van der Waals surface area (Å²) in [7, 11) is 0. The number of hydrogen-bond acceptors (Lipinski definition) is 2. The van der Waals surface area contributed by atoms with Crippen LogP contribution in [0.25, 0.3) is 0 Å². The van der Waals surface area contributed by atoms with E-state index in [1.165, 1.54) is 0 Å². The zero-order chi connectivity index (χ0) is 12.4. The van der Waals surface area contributed by atoms with Crippen molar-refractivity contribution >= 4 is 5.91 Å². The summed E-state index contributed by atoms with van der Waals surface area (Å²) in [6.45, 7) is 9.80. The minimum absolute atomic E-state index is 0.389. The molecule has 0 saturated carbocycles. The van der Waals surface area contributed by atoms with Crippen molar-refractivity contribution in [3.05, 3.63) is 0 Å². The standard InChI is InChI=1S/C14H26N2O/c1-4-13-12-8-15-7-11(12)9-16(13)14(17)6-5-10(2)3/h10-13,15H,4-9H2,1-3H3. The van der Waals surface area contributed by atoms with Crippen molar-refractivity contribution in [1.82, 2.24) is 10.2 Å². The monoisotopic (exact) mass is 238 g/mol. The number of carbonyl (C=O) groups excluding carboxylic acids is 1. The number of nitrogens with one attached hydrogen (secondary N) is 1. The Morgan fingerprint density at radius 2 is 2.18 bits per heavy atom. The molecule has 0 radical (unpaired) electrons. The first-order chi connectivity index (χ1) is 8.13. The van der Waals surface area contributed by atoms with Crippen molar-refractivity contribution in [1.29, 1.82) is 0 Å². The van der Waals surface area contributed by atoms with Gasteiger partial charge in [0.2, 0.25) is 5.91 Å². The molecule has 3 nitrogen and oxygen atoms in total. The van der Waals surface area contributed by atoms with Crippen LogP contribution < -0.4 is 5.32 Å². The van der Waals surface area contributed by atoms with Gasteiger partial charge in [-0.3, -0.25) is 4.79 Å². The van der Waals surface area contributed by atoms with Gasteiger partial charge in [-0.05, 0) is 30.6 Å². The summed E-state index contributed by atoms with van der Waals surface area (Å²) < 4.78 is 0. The quantitative estimate of drug-likeness (QED) is 0.811. The van der Waals surface area contributed by atoms with Gasteiger partial charge in [0.15, 0.2) is 0 Å². The maximum atomic E-state index is 12.3. The minimum atomic E-state index is 0.389. The molecule has 0 spiro atoms. The summed E-state index contributed by atoms with van der Waals surface area (Å²) in [5.74, 6) is 2.44. The van der Waals surface area contributed by atoms with Crippen LogP contribution in [-0.2, 0) is 4.79 Å². The molecular weight excluding hydrogens is 212 g/mol. The van der Waals surface area contributed by atoms with Crippen LogP contribution in [0.1, 0.15) is 40.0 Å². The molecule has 2 fully saturated rings. The van der Waals surface area contributed by atoms with Gasteiger partial charge in [-0.15, -0.1) is 0 Å². The average molecular weight is 238 g/mol. The second kappa shape index (κ2) is 5.38. The summed E-state index contributed by atoms with van der Waals surface area (Å²) in [4.78, 5) is 14.4. The Bertz CT molecular complexity index is 277. The summed E-state index contributed by atoms with van der Waals surface area (Å²) in [6, 6.07) is 0.495. The van der Waals surface area contributed by atoms with E-state index < -0.39 is 0 Å². The van der Waals surface area contributed by atoms with Gasteiger partial charge in [0.05, 0.1) is 0 Å². The van der Waals surface area contributed by atoms with E-state index in [0.717, 1.165) is 38.9 Å². The smallest absolute Gasteiger partial charge is 0.222 e. The van der Waals surface area contributed by atoms with E-state index in [0.29, 0.717) is 29.7 Å². The lowest BCUT2D eigenvalue weighted by molar-refractivity contribution is -0.132. The molecule has 0 aliphatic carbocycles. The third kappa shape index (κ3) is 2.65. The molecular formula is C14H26N2O. The summed E-state index contributed by atoms with van der Waals surface area (Å²) >= 11 is 0. The maximum Gasteiger partial charge on any atom is 0.222 e. The third-order valence-corrected chi connectivity index (χ3v) is 4.39. The van der Waals surface area contributed by atoms with Gasteiger partial charge in [0.1, 0.15) is 0 Å². The second-order valence-electron chi connectivity index (χ2n) is 6.04. The second-order valence-corrected chi connectivity index (χ2v) is 6.04. The van der Waals surface area contributed by atoms with Crippen molar-refractivity contribution in [3.8, 4) is 0 Å². The first-order valence-corrected chi connectivity index (χ1v) is 7.13. The topological polar surface area (TPSA) is 32.3 Å². The number of nitrogens with zero attached hydrogens (tertiary/aromatic N) is 1. The Morgan fingerprint density at radius 3 is 2.82 bits per heavy atom. The SMILES string of the molecule is CCC1C2CNCC2CN1C(=O)CCC(C)C. The van der Waals surface area contributed by atoms with Crippen molar-refractivity contribution in [2.75, 3.05) is 19.6 Å². The number of carbonyl (C=O) groups is 1. The summed E-state index contributed by atoms with van der Waals surface area (Å²) in [5.41, 5.74) is 0. The Labute approximate surface area is 105 Å². The van der Waals surface area contributed by atoms with E-state index in [1.54, 1.807) is 0 Å². The molecule has 17 heavy (non-hydrogen) atoms. The number of likely N-dealkylation sites (tertiary alicyclic amines) is 1. The van der Waals surface area contributed by atoms with E-state index >= 15 is 0 Å². The zero-order valence-electron chi connectivity index (χ0n) is 11.4. The van der Waals surface area contributed by atoms with Gasteiger partial charge in [0, 0.05) is 32.1 Å². The number of amides is 1. The van der Waals surface area contributed by atoms with Crippen LogP contribution in [0.5, 0.6) is 0 Å². The van der Waals surface area contributed by atoms with E-state index in [1.807, 2.05) is 0 Å². The van der Waals surface area contributed by atoms with Gasteiger partial charge < -0.3 is 10.2 Å². The first kappa shape index (κ1) is 12.9. The van der Waals surface area contributed by atoms with Crippen LogP contribution in [-0.4, -0.2) is 36.5 Å². The van der Waals surface area contributed by atoms with Gasteiger partial charge in [-0.25, -0.2) is 0 Å².